The molecule has 3 amide bonds. The largest absolute Gasteiger partial charge is 0.497 e. The van der Waals surface area contributed by atoms with Crippen molar-refractivity contribution in [2.75, 3.05) is 24.3 Å². The molecule has 0 bridgehead atoms. The highest BCUT2D eigenvalue weighted by Gasteiger charge is 2.34. The van der Waals surface area contributed by atoms with Crippen LogP contribution in [0.2, 0.25) is 0 Å². The standard InChI is InChI=1S/C25H24N4O4/c1-33-20-9-6-8-18(14-20)27-25(32)21-10-2-3-11-22(21)28-24(31)17-13-23(30)29(15-17)16-19-7-4-5-12-26-19/h2-12,14,17H,13,15-16H2,1H3,(H,27,32)(H,28,31). The van der Waals surface area contributed by atoms with Crippen molar-refractivity contribution in [1.82, 2.24) is 9.88 Å². The highest BCUT2D eigenvalue weighted by atomic mass is 16.5. The molecule has 8 nitrogen and oxygen atoms in total. The van der Waals surface area contributed by atoms with Gasteiger partial charge in [-0.25, -0.2) is 0 Å². The number of aromatic nitrogens is 1. The first kappa shape index (κ1) is 22.0. The molecule has 8 heteroatoms. The zero-order valence-corrected chi connectivity index (χ0v) is 18.2. The van der Waals surface area contributed by atoms with Crippen molar-refractivity contribution in [3.63, 3.8) is 0 Å². The lowest BCUT2D eigenvalue weighted by molar-refractivity contribution is -0.128. The first-order valence-corrected chi connectivity index (χ1v) is 10.6. The van der Waals surface area contributed by atoms with Gasteiger partial charge in [0.05, 0.1) is 36.5 Å². The van der Waals surface area contributed by atoms with E-state index in [0.717, 1.165) is 5.69 Å². The van der Waals surface area contributed by atoms with Gasteiger partial charge in [0.1, 0.15) is 5.75 Å². The molecule has 2 aromatic carbocycles. The van der Waals surface area contributed by atoms with Crippen molar-refractivity contribution < 1.29 is 19.1 Å². The summed E-state index contributed by atoms with van der Waals surface area (Å²) < 4.78 is 5.19. The lowest BCUT2D eigenvalue weighted by atomic mass is 10.1. The molecule has 1 aliphatic rings. The maximum absolute atomic E-state index is 12.9. The molecule has 1 aliphatic heterocycles. The number of carbonyl (C=O) groups excluding carboxylic acids is 3. The van der Waals surface area contributed by atoms with Crippen LogP contribution in [0, 0.1) is 5.92 Å². The van der Waals surface area contributed by atoms with Crippen molar-refractivity contribution in [2.24, 2.45) is 5.92 Å². The second-order valence-electron chi connectivity index (χ2n) is 7.72. The fraction of sp³-hybridized carbons (Fsp3) is 0.200. The normalized spacial score (nSPS) is 15.2. The maximum atomic E-state index is 12.9. The second-order valence-corrected chi connectivity index (χ2v) is 7.72. The molecule has 4 rings (SSSR count). The predicted octanol–water partition coefficient (Wildman–Crippen LogP) is 3.33. The van der Waals surface area contributed by atoms with Gasteiger partial charge in [0.25, 0.3) is 5.91 Å². The molecule has 3 aromatic rings. The monoisotopic (exact) mass is 444 g/mol. The Morgan fingerprint density at radius 3 is 2.67 bits per heavy atom. The molecule has 0 spiro atoms. The lowest BCUT2D eigenvalue weighted by Gasteiger charge is -2.17. The van der Waals surface area contributed by atoms with Crippen LogP contribution in [0.25, 0.3) is 0 Å². The number of nitrogens with zero attached hydrogens (tertiary/aromatic N) is 2. The zero-order valence-electron chi connectivity index (χ0n) is 18.2. The Morgan fingerprint density at radius 1 is 1.06 bits per heavy atom. The van der Waals surface area contributed by atoms with Gasteiger partial charge >= 0.3 is 0 Å². The summed E-state index contributed by atoms with van der Waals surface area (Å²) in [6, 6.07) is 19.3. The summed E-state index contributed by atoms with van der Waals surface area (Å²) in [7, 11) is 1.55. The highest BCUT2D eigenvalue weighted by molar-refractivity contribution is 6.10. The fourth-order valence-electron chi connectivity index (χ4n) is 3.71. The molecular formula is C25H24N4O4. The van der Waals surface area contributed by atoms with Gasteiger partial charge in [-0.15, -0.1) is 0 Å². The molecule has 1 aromatic heterocycles. The van der Waals surface area contributed by atoms with Gasteiger partial charge in [-0.3, -0.25) is 19.4 Å². The molecule has 1 saturated heterocycles. The van der Waals surface area contributed by atoms with Crippen molar-refractivity contribution in [3.05, 3.63) is 84.2 Å². The van der Waals surface area contributed by atoms with Crippen LogP contribution in [-0.2, 0) is 16.1 Å². The van der Waals surface area contributed by atoms with E-state index in [2.05, 4.69) is 15.6 Å². The van der Waals surface area contributed by atoms with Crippen molar-refractivity contribution in [1.29, 1.82) is 0 Å². The summed E-state index contributed by atoms with van der Waals surface area (Å²) in [4.78, 5) is 44.1. The van der Waals surface area contributed by atoms with E-state index in [0.29, 0.717) is 35.8 Å². The summed E-state index contributed by atoms with van der Waals surface area (Å²) in [5.74, 6) is -0.636. The average Bonchev–Trinajstić information content (AvgIpc) is 3.20. The highest BCUT2D eigenvalue weighted by Crippen LogP contribution is 2.24. The molecular weight excluding hydrogens is 420 g/mol. The predicted molar refractivity (Wildman–Crippen MR) is 124 cm³/mol. The molecule has 0 aliphatic carbocycles. The van der Waals surface area contributed by atoms with Crippen LogP contribution < -0.4 is 15.4 Å². The quantitative estimate of drug-likeness (QED) is 0.582. The fourth-order valence-corrected chi connectivity index (χ4v) is 3.71. The van der Waals surface area contributed by atoms with E-state index in [1.165, 1.54) is 0 Å². The van der Waals surface area contributed by atoms with Crippen molar-refractivity contribution >= 4 is 29.1 Å². The summed E-state index contributed by atoms with van der Waals surface area (Å²) in [5, 5.41) is 5.65. The topological polar surface area (TPSA) is 101 Å². The number of pyridine rings is 1. The average molecular weight is 444 g/mol. The number of hydrogen-bond acceptors (Lipinski definition) is 5. The Kier molecular flexibility index (Phi) is 6.64. The minimum atomic E-state index is -0.504. The number of methoxy groups -OCH3 is 1. The molecule has 2 heterocycles. The Morgan fingerprint density at radius 2 is 1.88 bits per heavy atom. The Labute approximate surface area is 191 Å². The third-order valence-corrected chi connectivity index (χ3v) is 5.42. The third kappa shape index (κ3) is 5.35. The van der Waals surface area contributed by atoms with Gasteiger partial charge < -0.3 is 20.3 Å². The van der Waals surface area contributed by atoms with E-state index in [1.54, 1.807) is 66.7 Å². The zero-order chi connectivity index (χ0) is 23.2. The number of benzene rings is 2. The SMILES string of the molecule is COc1cccc(NC(=O)c2ccccc2NC(=O)C2CC(=O)N(Cc3ccccn3)C2)c1. The minimum Gasteiger partial charge on any atom is -0.497 e. The molecule has 1 fully saturated rings. The van der Waals surface area contributed by atoms with E-state index in [-0.39, 0.29) is 24.1 Å². The number of anilines is 2. The lowest BCUT2D eigenvalue weighted by Crippen LogP contribution is -2.28. The summed E-state index contributed by atoms with van der Waals surface area (Å²) in [6.45, 7) is 0.669. The smallest absolute Gasteiger partial charge is 0.257 e. The van der Waals surface area contributed by atoms with Gasteiger partial charge in [0, 0.05) is 30.9 Å². The molecule has 168 valence electrons. The van der Waals surface area contributed by atoms with Crippen molar-refractivity contribution in [2.45, 2.75) is 13.0 Å². The van der Waals surface area contributed by atoms with Gasteiger partial charge in [-0.2, -0.15) is 0 Å². The summed E-state index contributed by atoms with van der Waals surface area (Å²) >= 11 is 0. The molecule has 0 radical (unpaired) electrons. The number of nitrogens with one attached hydrogen (secondary N) is 2. The van der Waals surface area contributed by atoms with E-state index in [1.807, 2.05) is 18.2 Å². The van der Waals surface area contributed by atoms with Crippen LogP contribution in [0.3, 0.4) is 0 Å². The van der Waals surface area contributed by atoms with Crippen LogP contribution in [-0.4, -0.2) is 41.3 Å². The Bertz CT molecular complexity index is 1170. The van der Waals surface area contributed by atoms with E-state index in [9.17, 15) is 14.4 Å². The molecule has 33 heavy (non-hydrogen) atoms. The van der Waals surface area contributed by atoms with Crippen LogP contribution in [0.5, 0.6) is 5.75 Å². The van der Waals surface area contributed by atoms with Crippen LogP contribution in [0.4, 0.5) is 11.4 Å². The second kappa shape index (κ2) is 9.95. The molecule has 0 saturated carbocycles. The number of rotatable bonds is 7. The van der Waals surface area contributed by atoms with E-state index < -0.39 is 5.92 Å². The van der Waals surface area contributed by atoms with Crippen molar-refractivity contribution in [3.8, 4) is 5.75 Å². The molecule has 2 N–H and O–H groups in total. The van der Waals surface area contributed by atoms with E-state index in [4.69, 9.17) is 4.74 Å². The van der Waals surface area contributed by atoms with Gasteiger partial charge in [-0.1, -0.05) is 24.3 Å². The Hall–Kier alpha value is -4.20. The van der Waals surface area contributed by atoms with Gasteiger partial charge in [0.2, 0.25) is 11.8 Å². The van der Waals surface area contributed by atoms with Crippen LogP contribution >= 0.6 is 0 Å². The summed E-state index contributed by atoms with van der Waals surface area (Å²) in [5.41, 5.74) is 2.06. The van der Waals surface area contributed by atoms with Gasteiger partial charge in [-0.05, 0) is 36.4 Å². The van der Waals surface area contributed by atoms with E-state index >= 15 is 0 Å². The summed E-state index contributed by atoms with van der Waals surface area (Å²) in [6.07, 6.45) is 1.80. The number of likely N-dealkylation sites (tertiary alicyclic amines) is 1. The minimum absolute atomic E-state index is 0.0927. The number of carbonyl (C=O) groups is 3. The third-order valence-electron chi connectivity index (χ3n) is 5.42. The van der Waals surface area contributed by atoms with Crippen LogP contribution in [0.15, 0.2) is 72.9 Å². The number of para-hydroxylation sites is 1. The van der Waals surface area contributed by atoms with Crippen LogP contribution in [0.1, 0.15) is 22.5 Å². The molecule has 1 unspecified atom stereocenters. The number of hydrogen-bond donors (Lipinski definition) is 2. The first-order valence-electron chi connectivity index (χ1n) is 10.6. The maximum Gasteiger partial charge on any atom is 0.257 e. The number of ether oxygens (including phenoxy) is 1. The number of amides is 3. The first-order chi connectivity index (χ1) is 16.0. The Balaban J connectivity index is 1.42. The van der Waals surface area contributed by atoms with Gasteiger partial charge in [0.15, 0.2) is 0 Å². The molecule has 1 atom stereocenters.